The predicted molar refractivity (Wildman–Crippen MR) is 54.4 cm³/mol. The molecule has 4 nitrogen and oxygen atoms in total. The molecule has 0 aliphatic heterocycles. The molecule has 0 fully saturated rings. The largest absolute Gasteiger partial charge is 0.493 e. The van der Waals surface area contributed by atoms with Gasteiger partial charge in [0.15, 0.2) is 12.0 Å². The van der Waals surface area contributed by atoms with Gasteiger partial charge in [0.2, 0.25) is 0 Å². The molecule has 0 saturated carbocycles. The van der Waals surface area contributed by atoms with Crippen LogP contribution in [0.2, 0.25) is 0 Å². The van der Waals surface area contributed by atoms with Crippen LogP contribution in [0.15, 0.2) is 29.0 Å². The molecule has 15 heavy (non-hydrogen) atoms. The highest BCUT2D eigenvalue weighted by Crippen LogP contribution is 2.19. The number of hydrogen-bond donors (Lipinski definition) is 0. The Labute approximate surface area is 87.1 Å². The first-order chi connectivity index (χ1) is 7.40. The SMILES string of the molecule is N#CCCCOc1ccc2ncoc2c1. The second kappa shape index (κ2) is 4.47. The molecular formula is C11H10N2O2. The topological polar surface area (TPSA) is 59.0 Å². The zero-order valence-electron chi connectivity index (χ0n) is 8.14. The lowest BCUT2D eigenvalue weighted by Gasteiger charge is -2.03. The zero-order chi connectivity index (χ0) is 10.5. The molecule has 0 saturated heterocycles. The van der Waals surface area contributed by atoms with E-state index in [1.165, 1.54) is 6.39 Å². The van der Waals surface area contributed by atoms with Gasteiger partial charge in [0.25, 0.3) is 0 Å². The summed E-state index contributed by atoms with van der Waals surface area (Å²) in [6.07, 6.45) is 2.67. The van der Waals surface area contributed by atoms with Crippen LogP contribution in [0.5, 0.6) is 5.75 Å². The van der Waals surface area contributed by atoms with Crippen molar-refractivity contribution in [3.63, 3.8) is 0 Å². The molecule has 2 aromatic rings. The number of nitrogens with zero attached hydrogens (tertiary/aromatic N) is 2. The highest BCUT2D eigenvalue weighted by molar-refractivity contribution is 5.73. The number of hydrogen-bond acceptors (Lipinski definition) is 4. The molecule has 1 aromatic heterocycles. The second-order valence-electron chi connectivity index (χ2n) is 3.09. The molecule has 1 aromatic carbocycles. The molecule has 0 aliphatic carbocycles. The third-order valence-electron chi connectivity index (χ3n) is 2.00. The van der Waals surface area contributed by atoms with Gasteiger partial charge in [-0.2, -0.15) is 5.26 Å². The van der Waals surface area contributed by atoms with Gasteiger partial charge < -0.3 is 9.15 Å². The predicted octanol–water partition coefficient (Wildman–Crippen LogP) is 2.51. The standard InChI is InChI=1S/C11H10N2O2/c12-5-1-2-6-14-9-3-4-10-11(7-9)15-8-13-10/h3-4,7-8H,1-2,6H2. The van der Waals surface area contributed by atoms with Crippen molar-refractivity contribution in [1.29, 1.82) is 5.26 Å². The van der Waals surface area contributed by atoms with Crippen LogP contribution in [0.4, 0.5) is 0 Å². The van der Waals surface area contributed by atoms with Crippen LogP contribution in [0.25, 0.3) is 11.1 Å². The monoisotopic (exact) mass is 202 g/mol. The summed E-state index contributed by atoms with van der Waals surface area (Å²) in [7, 11) is 0. The van der Waals surface area contributed by atoms with Crippen molar-refractivity contribution in [2.75, 3.05) is 6.61 Å². The maximum Gasteiger partial charge on any atom is 0.181 e. The quantitative estimate of drug-likeness (QED) is 0.714. The number of nitriles is 1. The third kappa shape index (κ3) is 2.26. The fraction of sp³-hybridized carbons (Fsp3) is 0.273. The minimum atomic E-state index is 0.518. The number of ether oxygens (including phenoxy) is 1. The van der Waals surface area contributed by atoms with Gasteiger partial charge in [0.1, 0.15) is 11.3 Å². The molecule has 0 amide bonds. The van der Waals surface area contributed by atoms with Crippen LogP contribution in [-0.4, -0.2) is 11.6 Å². The average molecular weight is 202 g/mol. The van der Waals surface area contributed by atoms with Crippen LogP contribution in [0.1, 0.15) is 12.8 Å². The first-order valence-corrected chi connectivity index (χ1v) is 4.73. The van der Waals surface area contributed by atoms with Crippen LogP contribution >= 0.6 is 0 Å². The van der Waals surface area contributed by atoms with Crippen LogP contribution in [0, 0.1) is 11.3 Å². The minimum Gasteiger partial charge on any atom is -0.493 e. The summed E-state index contributed by atoms with van der Waals surface area (Å²) in [6.45, 7) is 0.549. The van der Waals surface area contributed by atoms with Gasteiger partial charge in [-0.15, -0.1) is 0 Å². The molecule has 1 heterocycles. The molecule has 4 heteroatoms. The Hall–Kier alpha value is -2.02. The van der Waals surface area contributed by atoms with Gasteiger partial charge in [-0.3, -0.25) is 0 Å². The van der Waals surface area contributed by atoms with E-state index in [0.29, 0.717) is 18.6 Å². The molecule has 0 bridgehead atoms. The van der Waals surface area contributed by atoms with Crippen molar-refractivity contribution in [3.05, 3.63) is 24.6 Å². The summed E-state index contributed by atoms with van der Waals surface area (Å²) in [6, 6.07) is 7.56. The average Bonchev–Trinajstić information content (AvgIpc) is 2.71. The summed E-state index contributed by atoms with van der Waals surface area (Å²) >= 11 is 0. The molecular weight excluding hydrogens is 192 g/mol. The molecule has 0 unspecified atom stereocenters. The van der Waals surface area contributed by atoms with Gasteiger partial charge in [0.05, 0.1) is 12.7 Å². The van der Waals surface area contributed by atoms with Crippen molar-refractivity contribution >= 4 is 11.1 Å². The smallest absolute Gasteiger partial charge is 0.181 e. The van der Waals surface area contributed by atoms with E-state index in [4.69, 9.17) is 14.4 Å². The number of rotatable bonds is 4. The molecule has 0 aliphatic rings. The van der Waals surface area contributed by atoms with Crippen molar-refractivity contribution in [2.24, 2.45) is 0 Å². The Bertz CT molecular complexity index is 485. The van der Waals surface area contributed by atoms with Crippen molar-refractivity contribution in [2.45, 2.75) is 12.8 Å². The van der Waals surface area contributed by atoms with Crippen LogP contribution < -0.4 is 4.74 Å². The minimum absolute atomic E-state index is 0.518. The first kappa shape index (κ1) is 9.53. The second-order valence-corrected chi connectivity index (χ2v) is 3.09. The first-order valence-electron chi connectivity index (χ1n) is 4.73. The fourth-order valence-corrected chi connectivity index (χ4v) is 1.27. The molecule has 2 rings (SSSR count). The summed E-state index contributed by atoms with van der Waals surface area (Å²) < 4.78 is 10.6. The van der Waals surface area contributed by atoms with E-state index in [1.807, 2.05) is 12.1 Å². The van der Waals surface area contributed by atoms with Gasteiger partial charge in [-0.05, 0) is 18.6 Å². The van der Waals surface area contributed by atoms with Crippen LogP contribution in [-0.2, 0) is 0 Å². The number of fused-ring (bicyclic) bond motifs is 1. The number of benzene rings is 1. The number of aromatic nitrogens is 1. The van der Waals surface area contributed by atoms with E-state index in [1.54, 1.807) is 6.07 Å². The molecule has 76 valence electrons. The summed E-state index contributed by atoms with van der Waals surface area (Å²) in [5.74, 6) is 0.747. The van der Waals surface area contributed by atoms with Crippen LogP contribution in [0.3, 0.4) is 0 Å². The van der Waals surface area contributed by atoms with E-state index >= 15 is 0 Å². The lowest BCUT2D eigenvalue weighted by atomic mass is 10.3. The molecule has 0 N–H and O–H groups in total. The van der Waals surface area contributed by atoms with E-state index in [-0.39, 0.29) is 0 Å². The van der Waals surface area contributed by atoms with E-state index in [9.17, 15) is 0 Å². The van der Waals surface area contributed by atoms with Gasteiger partial charge in [0, 0.05) is 12.5 Å². The Morgan fingerprint density at radius 1 is 1.47 bits per heavy atom. The summed E-state index contributed by atoms with van der Waals surface area (Å²) in [5, 5.41) is 8.35. The Morgan fingerprint density at radius 2 is 2.40 bits per heavy atom. The Kier molecular flexibility index (Phi) is 2.84. The Morgan fingerprint density at radius 3 is 3.27 bits per heavy atom. The van der Waals surface area contributed by atoms with Crippen molar-refractivity contribution in [1.82, 2.24) is 4.98 Å². The van der Waals surface area contributed by atoms with E-state index in [0.717, 1.165) is 17.7 Å². The molecule has 0 radical (unpaired) electrons. The zero-order valence-corrected chi connectivity index (χ0v) is 8.14. The Balaban J connectivity index is 1.99. The highest BCUT2D eigenvalue weighted by Gasteiger charge is 2.00. The van der Waals surface area contributed by atoms with Crippen molar-refractivity contribution in [3.8, 4) is 11.8 Å². The van der Waals surface area contributed by atoms with Gasteiger partial charge >= 0.3 is 0 Å². The number of oxazole rings is 1. The molecule has 0 atom stereocenters. The number of unbranched alkanes of at least 4 members (excludes halogenated alkanes) is 1. The third-order valence-corrected chi connectivity index (χ3v) is 2.00. The summed E-state index contributed by atoms with van der Waals surface area (Å²) in [4.78, 5) is 4.00. The highest BCUT2D eigenvalue weighted by atomic mass is 16.5. The molecule has 0 spiro atoms. The maximum atomic E-state index is 8.35. The van der Waals surface area contributed by atoms with E-state index < -0.39 is 0 Å². The summed E-state index contributed by atoms with van der Waals surface area (Å²) in [5.41, 5.74) is 1.53. The lowest BCUT2D eigenvalue weighted by molar-refractivity contribution is 0.312. The van der Waals surface area contributed by atoms with Crippen molar-refractivity contribution < 1.29 is 9.15 Å². The van der Waals surface area contributed by atoms with E-state index in [2.05, 4.69) is 11.1 Å². The van der Waals surface area contributed by atoms with Gasteiger partial charge in [-0.1, -0.05) is 0 Å². The lowest BCUT2D eigenvalue weighted by Crippen LogP contribution is -1.96. The normalized spacial score (nSPS) is 10.1. The fourth-order valence-electron chi connectivity index (χ4n) is 1.27. The van der Waals surface area contributed by atoms with Gasteiger partial charge in [-0.25, -0.2) is 4.98 Å². The maximum absolute atomic E-state index is 8.35.